The summed E-state index contributed by atoms with van der Waals surface area (Å²) in [4.78, 5) is 19.0. The zero-order valence-corrected chi connectivity index (χ0v) is 9.60. The van der Waals surface area contributed by atoms with Crippen molar-refractivity contribution >= 4 is 11.0 Å². The first-order valence-corrected chi connectivity index (χ1v) is 5.40. The van der Waals surface area contributed by atoms with Crippen LogP contribution in [-0.4, -0.2) is 15.1 Å². The standard InChI is InChI=1S/C13H10N2O3/c1-7-2-8-12(3-11(7)16)18-5-9(13(8)17)10-4-14-6-15-10/h2-6,16H,1H3,(H,14,15). The third-order valence-corrected chi connectivity index (χ3v) is 2.88. The van der Waals surface area contributed by atoms with Gasteiger partial charge < -0.3 is 14.5 Å². The molecule has 1 aromatic carbocycles. The van der Waals surface area contributed by atoms with E-state index in [0.29, 0.717) is 27.8 Å². The van der Waals surface area contributed by atoms with Gasteiger partial charge in [0.1, 0.15) is 17.6 Å². The average Bonchev–Trinajstić information content (AvgIpc) is 2.86. The van der Waals surface area contributed by atoms with Crippen LogP contribution < -0.4 is 5.43 Å². The number of imidazole rings is 1. The van der Waals surface area contributed by atoms with Crippen molar-refractivity contribution in [1.82, 2.24) is 9.97 Å². The molecule has 0 aliphatic heterocycles. The lowest BCUT2D eigenvalue weighted by molar-refractivity contribution is 0.470. The summed E-state index contributed by atoms with van der Waals surface area (Å²) < 4.78 is 5.38. The van der Waals surface area contributed by atoms with Crippen LogP contribution in [0.5, 0.6) is 5.75 Å². The van der Waals surface area contributed by atoms with Crippen LogP contribution in [0.4, 0.5) is 0 Å². The minimum absolute atomic E-state index is 0.111. The number of phenols is 1. The molecule has 0 aliphatic carbocycles. The molecule has 5 nitrogen and oxygen atoms in total. The minimum atomic E-state index is -0.149. The number of nitrogens with one attached hydrogen (secondary N) is 1. The lowest BCUT2D eigenvalue weighted by atomic mass is 10.1. The lowest BCUT2D eigenvalue weighted by Crippen LogP contribution is -2.05. The normalized spacial score (nSPS) is 10.9. The molecule has 3 rings (SSSR count). The Morgan fingerprint density at radius 3 is 2.94 bits per heavy atom. The van der Waals surface area contributed by atoms with Crippen LogP contribution in [0, 0.1) is 6.92 Å². The Kier molecular flexibility index (Phi) is 2.19. The van der Waals surface area contributed by atoms with Gasteiger partial charge >= 0.3 is 0 Å². The Bertz CT molecular complexity index is 773. The zero-order valence-electron chi connectivity index (χ0n) is 9.60. The van der Waals surface area contributed by atoms with Crippen LogP contribution in [0.15, 0.2) is 40.1 Å². The van der Waals surface area contributed by atoms with E-state index in [4.69, 9.17) is 4.42 Å². The van der Waals surface area contributed by atoms with Crippen molar-refractivity contribution in [1.29, 1.82) is 0 Å². The number of hydrogen-bond acceptors (Lipinski definition) is 4. The quantitative estimate of drug-likeness (QED) is 0.685. The monoisotopic (exact) mass is 242 g/mol. The minimum Gasteiger partial charge on any atom is -0.508 e. The first-order chi connectivity index (χ1) is 8.66. The Labute approximate surface area is 102 Å². The van der Waals surface area contributed by atoms with Crippen LogP contribution in [0.1, 0.15) is 5.56 Å². The van der Waals surface area contributed by atoms with E-state index < -0.39 is 0 Å². The smallest absolute Gasteiger partial charge is 0.202 e. The van der Waals surface area contributed by atoms with Gasteiger partial charge in [-0.25, -0.2) is 4.98 Å². The van der Waals surface area contributed by atoms with Crippen molar-refractivity contribution < 1.29 is 9.52 Å². The molecule has 0 radical (unpaired) electrons. The van der Waals surface area contributed by atoms with Crippen molar-refractivity contribution in [2.75, 3.05) is 0 Å². The van der Waals surface area contributed by atoms with Gasteiger partial charge in [0, 0.05) is 6.07 Å². The van der Waals surface area contributed by atoms with Crippen molar-refractivity contribution in [2.45, 2.75) is 6.92 Å². The Hall–Kier alpha value is -2.56. The van der Waals surface area contributed by atoms with Gasteiger partial charge in [0.15, 0.2) is 0 Å². The Morgan fingerprint density at radius 2 is 2.22 bits per heavy atom. The largest absolute Gasteiger partial charge is 0.508 e. The second-order valence-corrected chi connectivity index (χ2v) is 4.08. The predicted molar refractivity (Wildman–Crippen MR) is 66.5 cm³/mol. The van der Waals surface area contributed by atoms with Gasteiger partial charge in [0.05, 0.1) is 29.2 Å². The fourth-order valence-corrected chi connectivity index (χ4v) is 1.86. The molecule has 0 saturated heterocycles. The highest BCUT2D eigenvalue weighted by atomic mass is 16.3. The molecule has 0 fully saturated rings. The van der Waals surface area contributed by atoms with E-state index in [1.54, 1.807) is 19.2 Å². The van der Waals surface area contributed by atoms with Crippen LogP contribution in [0.25, 0.3) is 22.2 Å². The highest BCUT2D eigenvalue weighted by molar-refractivity contribution is 5.82. The van der Waals surface area contributed by atoms with Crippen molar-refractivity contribution in [3.05, 3.63) is 46.7 Å². The maximum Gasteiger partial charge on any atom is 0.202 e. The first kappa shape index (κ1) is 10.6. The van der Waals surface area contributed by atoms with Crippen LogP contribution in [0.2, 0.25) is 0 Å². The fourth-order valence-electron chi connectivity index (χ4n) is 1.86. The summed E-state index contributed by atoms with van der Waals surface area (Å²) in [6.07, 6.45) is 4.43. The summed E-state index contributed by atoms with van der Waals surface area (Å²) in [6.45, 7) is 1.73. The maximum absolute atomic E-state index is 12.3. The van der Waals surface area contributed by atoms with E-state index in [2.05, 4.69) is 9.97 Å². The van der Waals surface area contributed by atoms with Gasteiger partial charge in [-0.15, -0.1) is 0 Å². The molecule has 3 aromatic rings. The molecule has 2 aromatic heterocycles. The molecule has 18 heavy (non-hydrogen) atoms. The van der Waals surface area contributed by atoms with E-state index in [-0.39, 0.29) is 11.2 Å². The van der Waals surface area contributed by atoms with Crippen molar-refractivity contribution in [3.63, 3.8) is 0 Å². The molecule has 0 atom stereocenters. The van der Waals surface area contributed by atoms with Gasteiger partial charge in [0.2, 0.25) is 5.43 Å². The van der Waals surface area contributed by atoms with E-state index >= 15 is 0 Å². The van der Waals surface area contributed by atoms with Gasteiger partial charge in [-0.1, -0.05) is 0 Å². The van der Waals surface area contributed by atoms with Gasteiger partial charge in [-0.05, 0) is 18.6 Å². The van der Waals surface area contributed by atoms with E-state index in [9.17, 15) is 9.90 Å². The molecule has 2 heterocycles. The summed E-state index contributed by atoms with van der Waals surface area (Å²) in [6, 6.07) is 3.07. The second-order valence-electron chi connectivity index (χ2n) is 4.08. The Morgan fingerprint density at radius 1 is 1.39 bits per heavy atom. The number of rotatable bonds is 1. The maximum atomic E-state index is 12.3. The number of benzene rings is 1. The third-order valence-electron chi connectivity index (χ3n) is 2.88. The molecule has 0 bridgehead atoms. The summed E-state index contributed by atoms with van der Waals surface area (Å²) in [7, 11) is 0. The summed E-state index contributed by atoms with van der Waals surface area (Å²) in [5.74, 6) is 0.111. The molecule has 5 heteroatoms. The van der Waals surface area contributed by atoms with Gasteiger partial charge in [-0.2, -0.15) is 0 Å². The highest BCUT2D eigenvalue weighted by Crippen LogP contribution is 2.24. The zero-order chi connectivity index (χ0) is 12.7. The molecule has 0 saturated carbocycles. The summed E-state index contributed by atoms with van der Waals surface area (Å²) >= 11 is 0. The summed E-state index contributed by atoms with van der Waals surface area (Å²) in [5, 5.41) is 10.0. The molecular weight excluding hydrogens is 232 g/mol. The fraction of sp³-hybridized carbons (Fsp3) is 0.0769. The molecular formula is C13H10N2O3. The highest BCUT2D eigenvalue weighted by Gasteiger charge is 2.11. The van der Waals surface area contributed by atoms with E-state index in [1.807, 2.05) is 0 Å². The van der Waals surface area contributed by atoms with E-state index in [1.165, 1.54) is 18.7 Å². The van der Waals surface area contributed by atoms with Crippen molar-refractivity contribution in [3.8, 4) is 17.0 Å². The van der Waals surface area contributed by atoms with Crippen LogP contribution >= 0.6 is 0 Å². The molecule has 0 spiro atoms. The molecule has 2 N–H and O–H groups in total. The number of aryl methyl sites for hydroxylation is 1. The Balaban J connectivity index is 2.36. The van der Waals surface area contributed by atoms with Crippen LogP contribution in [0.3, 0.4) is 0 Å². The number of phenolic OH excluding ortho intramolecular Hbond substituents is 1. The predicted octanol–water partition coefficient (Wildman–Crippen LogP) is 2.20. The number of aromatic amines is 1. The van der Waals surface area contributed by atoms with Crippen molar-refractivity contribution in [2.24, 2.45) is 0 Å². The number of H-pyrrole nitrogens is 1. The first-order valence-electron chi connectivity index (χ1n) is 5.40. The van der Waals surface area contributed by atoms with Gasteiger partial charge in [-0.3, -0.25) is 4.79 Å². The SMILES string of the molecule is Cc1cc2c(=O)c(-c3cnc[nH]3)coc2cc1O. The van der Waals surface area contributed by atoms with Crippen LogP contribution in [-0.2, 0) is 0 Å². The number of aromatic hydroxyl groups is 1. The molecule has 0 aliphatic rings. The molecule has 0 unspecified atom stereocenters. The third kappa shape index (κ3) is 1.48. The number of aromatic nitrogens is 2. The number of nitrogens with zero attached hydrogens (tertiary/aromatic N) is 1. The summed E-state index contributed by atoms with van der Waals surface area (Å²) in [5.41, 5.74) is 1.88. The molecule has 0 amide bonds. The second kappa shape index (κ2) is 3.73. The lowest BCUT2D eigenvalue weighted by Gasteiger charge is -2.03. The topological polar surface area (TPSA) is 79.1 Å². The number of fused-ring (bicyclic) bond motifs is 1. The number of hydrogen-bond donors (Lipinski definition) is 2. The molecule has 90 valence electrons. The van der Waals surface area contributed by atoms with E-state index in [0.717, 1.165) is 0 Å². The van der Waals surface area contributed by atoms with Gasteiger partial charge in [0.25, 0.3) is 0 Å². The average molecular weight is 242 g/mol.